The molecule has 4 nitrogen and oxygen atoms in total. The number of nitrogens with one attached hydrogen (secondary N) is 1. The highest BCUT2D eigenvalue weighted by Gasteiger charge is 2.54. The van der Waals surface area contributed by atoms with Crippen molar-refractivity contribution >= 4 is 11.8 Å². The topological polar surface area (TPSA) is 49.4 Å². The molecule has 0 unspecified atom stereocenters. The number of amides is 2. The third-order valence-electron chi connectivity index (χ3n) is 6.88. The molecule has 1 saturated heterocycles. The summed E-state index contributed by atoms with van der Waals surface area (Å²) in [6.07, 6.45) is 11.9. The van der Waals surface area contributed by atoms with Crippen LogP contribution in [0.25, 0.3) is 0 Å². The van der Waals surface area contributed by atoms with E-state index >= 15 is 0 Å². The summed E-state index contributed by atoms with van der Waals surface area (Å²) in [7, 11) is 0. The predicted octanol–water partition coefficient (Wildman–Crippen LogP) is 2.72. The van der Waals surface area contributed by atoms with Crippen LogP contribution in [0.5, 0.6) is 0 Å². The first-order valence-corrected chi connectivity index (χ1v) is 9.71. The third-order valence-corrected chi connectivity index (χ3v) is 6.88. The zero-order valence-electron chi connectivity index (χ0n) is 14.2. The number of nitrogens with zero attached hydrogens (tertiary/aromatic N) is 1. The molecular weight excluding hydrogens is 288 g/mol. The number of hydrogen-bond donors (Lipinski definition) is 1. The molecule has 1 aliphatic heterocycles. The van der Waals surface area contributed by atoms with Gasteiger partial charge in [-0.25, -0.2) is 0 Å². The minimum atomic E-state index is -0.131. The molecule has 5 fully saturated rings. The van der Waals surface area contributed by atoms with Gasteiger partial charge in [-0.1, -0.05) is 12.8 Å². The highest BCUT2D eigenvalue weighted by Crippen LogP contribution is 2.60. The Labute approximate surface area is 139 Å². The fraction of sp³-hybridized carbons (Fsp3) is 0.895. The second-order valence-electron chi connectivity index (χ2n) is 8.68. The first kappa shape index (κ1) is 15.5. The van der Waals surface area contributed by atoms with E-state index in [0.717, 1.165) is 62.9 Å². The third kappa shape index (κ3) is 3.01. The van der Waals surface area contributed by atoms with Crippen LogP contribution in [0.3, 0.4) is 0 Å². The van der Waals surface area contributed by atoms with E-state index in [4.69, 9.17) is 0 Å². The maximum absolute atomic E-state index is 12.9. The van der Waals surface area contributed by atoms with E-state index in [0.29, 0.717) is 0 Å². The first-order valence-electron chi connectivity index (χ1n) is 9.71. The van der Waals surface area contributed by atoms with Crippen molar-refractivity contribution < 1.29 is 9.59 Å². The van der Waals surface area contributed by atoms with Crippen LogP contribution in [0.1, 0.15) is 64.2 Å². The molecular formula is C19H30N2O2. The minimum Gasteiger partial charge on any atom is -0.347 e. The summed E-state index contributed by atoms with van der Waals surface area (Å²) >= 11 is 0. The minimum absolute atomic E-state index is 0.116. The van der Waals surface area contributed by atoms with Crippen molar-refractivity contribution in [1.29, 1.82) is 0 Å². The molecule has 0 aromatic heterocycles. The molecule has 0 aromatic carbocycles. The van der Waals surface area contributed by atoms with Crippen LogP contribution >= 0.6 is 0 Å². The van der Waals surface area contributed by atoms with Crippen LogP contribution in [0, 0.1) is 23.2 Å². The van der Waals surface area contributed by atoms with Crippen molar-refractivity contribution in [2.24, 2.45) is 23.2 Å². The summed E-state index contributed by atoms with van der Waals surface area (Å²) in [5, 5.41) is 3.03. The van der Waals surface area contributed by atoms with Gasteiger partial charge >= 0.3 is 0 Å². The summed E-state index contributed by atoms with van der Waals surface area (Å²) < 4.78 is 0. The standard InChI is InChI=1S/C19H30N2O2/c22-17(21-5-3-1-2-4-6-21)13-20-18(23)19-10-14-7-15(11-19)9-16(8-14)12-19/h14-16H,1-13H2,(H,20,23). The van der Waals surface area contributed by atoms with Gasteiger partial charge in [-0.05, 0) is 69.1 Å². The van der Waals surface area contributed by atoms with Gasteiger partial charge in [0.05, 0.1) is 6.54 Å². The lowest BCUT2D eigenvalue weighted by Crippen LogP contribution is -2.54. The Kier molecular flexibility index (Phi) is 4.10. The molecule has 1 heterocycles. The highest BCUT2D eigenvalue weighted by molar-refractivity contribution is 5.88. The van der Waals surface area contributed by atoms with Crippen LogP contribution in [-0.4, -0.2) is 36.3 Å². The van der Waals surface area contributed by atoms with Gasteiger partial charge in [0.15, 0.2) is 0 Å². The average molecular weight is 318 g/mol. The lowest BCUT2D eigenvalue weighted by molar-refractivity contribution is -0.148. The van der Waals surface area contributed by atoms with Crippen molar-refractivity contribution in [3.05, 3.63) is 0 Å². The molecule has 0 spiro atoms. The maximum atomic E-state index is 12.9. The second kappa shape index (κ2) is 6.10. The summed E-state index contributed by atoms with van der Waals surface area (Å²) in [4.78, 5) is 27.2. The monoisotopic (exact) mass is 318 g/mol. The van der Waals surface area contributed by atoms with Gasteiger partial charge in [-0.2, -0.15) is 0 Å². The van der Waals surface area contributed by atoms with E-state index in [1.807, 2.05) is 4.90 Å². The molecule has 0 radical (unpaired) electrons. The molecule has 4 bridgehead atoms. The Morgan fingerprint density at radius 2 is 1.39 bits per heavy atom. The number of rotatable bonds is 3. The largest absolute Gasteiger partial charge is 0.347 e. The van der Waals surface area contributed by atoms with Gasteiger partial charge in [0.1, 0.15) is 0 Å². The molecule has 4 saturated carbocycles. The van der Waals surface area contributed by atoms with Crippen LogP contribution in [0.2, 0.25) is 0 Å². The Morgan fingerprint density at radius 3 is 1.91 bits per heavy atom. The lowest BCUT2D eigenvalue weighted by atomic mass is 9.49. The SMILES string of the molecule is O=C(CNC(=O)C12CC3CC(CC(C3)C1)C2)N1CCCCCC1. The lowest BCUT2D eigenvalue weighted by Gasteiger charge is -2.55. The Hall–Kier alpha value is -1.06. The number of carbonyl (C=O) groups is 2. The van der Waals surface area contributed by atoms with Gasteiger partial charge < -0.3 is 10.2 Å². The molecule has 4 heteroatoms. The zero-order chi connectivity index (χ0) is 15.9. The van der Waals surface area contributed by atoms with Crippen LogP contribution in [0.4, 0.5) is 0 Å². The first-order chi connectivity index (χ1) is 11.1. The van der Waals surface area contributed by atoms with Gasteiger partial charge in [0.25, 0.3) is 0 Å². The number of likely N-dealkylation sites (tertiary alicyclic amines) is 1. The fourth-order valence-electron chi connectivity index (χ4n) is 6.16. The summed E-state index contributed by atoms with van der Waals surface area (Å²) in [6.45, 7) is 1.94. The van der Waals surface area contributed by atoms with E-state index in [1.165, 1.54) is 32.1 Å². The number of hydrogen-bond acceptors (Lipinski definition) is 2. The maximum Gasteiger partial charge on any atom is 0.241 e. The van der Waals surface area contributed by atoms with E-state index in [1.54, 1.807) is 0 Å². The van der Waals surface area contributed by atoms with Gasteiger partial charge in [-0.15, -0.1) is 0 Å². The molecule has 0 aromatic rings. The smallest absolute Gasteiger partial charge is 0.241 e. The van der Waals surface area contributed by atoms with E-state index in [2.05, 4.69) is 5.32 Å². The summed E-state index contributed by atoms with van der Waals surface area (Å²) in [5.41, 5.74) is -0.131. The molecule has 5 aliphatic rings. The van der Waals surface area contributed by atoms with Crippen molar-refractivity contribution in [1.82, 2.24) is 10.2 Å². The van der Waals surface area contributed by atoms with E-state index in [-0.39, 0.29) is 23.8 Å². The molecule has 2 amide bonds. The predicted molar refractivity (Wildman–Crippen MR) is 88.7 cm³/mol. The molecule has 4 aliphatic carbocycles. The van der Waals surface area contributed by atoms with Crippen LogP contribution in [-0.2, 0) is 9.59 Å². The molecule has 1 N–H and O–H groups in total. The Morgan fingerprint density at radius 1 is 0.870 bits per heavy atom. The van der Waals surface area contributed by atoms with Gasteiger partial charge in [0.2, 0.25) is 11.8 Å². The summed E-state index contributed by atoms with van der Waals surface area (Å²) in [5.74, 6) is 2.61. The van der Waals surface area contributed by atoms with Crippen molar-refractivity contribution in [2.75, 3.05) is 19.6 Å². The van der Waals surface area contributed by atoms with Crippen LogP contribution in [0.15, 0.2) is 0 Å². The zero-order valence-corrected chi connectivity index (χ0v) is 14.2. The van der Waals surface area contributed by atoms with Gasteiger partial charge in [-0.3, -0.25) is 9.59 Å². The second-order valence-corrected chi connectivity index (χ2v) is 8.68. The Bertz CT molecular complexity index is 444. The Balaban J connectivity index is 1.34. The number of carbonyl (C=O) groups excluding carboxylic acids is 2. The molecule has 128 valence electrons. The van der Waals surface area contributed by atoms with E-state index < -0.39 is 0 Å². The molecule has 0 atom stereocenters. The van der Waals surface area contributed by atoms with Crippen molar-refractivity contribution in [3.63, 3.8) is 0 Å². The van der Waals surface area contributed by atoms with Crippen molar-refractivity contribution in [3.8, 4) is 0 Å². The van der Waals surface area contributed by atoms with Crippen LogP contribution < -0.4 is 5.32 Å². The highest BCUT2D eigenvalue weighted by atomic mass is 16.2. The average Bonchev–Trinajstić information content (AvgIpc) is 2.80. The van der Waals surface area contributed by atoms with E-state index in [9.17, 15) is 9.59 Å². The quantitative estimate of drug-likeness (QED) is 0.870. The molecule has 23 heavy (non-hydrogen) atoms. The van der Waals surface area contributed by atoms with Gasteiger partial charge in [0, 0.05) is 18.5 Å². The van der Waals surface area contributed by atoms with Crippen molar-refractivity contribution in [2.45, 2.75) is 64.2 Å². The fourth-order valence-corrected chi connectivity index (χ4v) is 6.16. The molecule has 5 rings (SSSR count). The normalized spacial score (nSPS) is 39.1. The summed E-state index contributed by atoms with van der Waals surface area (Å²) in [6, 6.07) is 0.